The zero-order valence-electron chi connectivity index (χ0n) is 14.7. The van der Waals surface area contributed by atoms with E-state index in [9.17, 15) is 25.2 Å². The summed E-state index contributed by atoms with van der Waals surface area (Å²) < 4.78 is 16.4. The van der Waals surface area contributed by atoms with Crippen molar-refractivity contribution in [2.45, 2.75) is 51.5 Å². The molecule has 1 saturated heterocycles. The maximum Gasteiger partial charge on any atom is 0.339 e. The number of aliphatic hydroxyl groups excluding tert-OH is 4. The second-order valence-corrected chi connectivity index (χ2v) is 6.52. The molecule has 0 saturated carbocycles. The van der Waals surface area contributed by atoms with Gasteiger partial charge in [-0.1, -0.05) is 0 Å². The maximum absolute atomic E-state index is 12.0. The largest absolute Gasteiger partial charge is 0.462 e. The zero-order chi connectivity index (χ0) is 19.2. The van der Waals surface area contributed by atoms with Crippen molar-refractivity contribution in [2.75, 3.05) is 6.61 Å². The molecule has 8 nitrogen and oxygen atoms in total. The molecule has 142 valence electrons. The minimum atomic E-state index is -1.53. The molecule has 0 radical (unpaired) electrons. The van der Waals surface area contributed by atoms with E-state index in [4.69, 9.17) is 13.9 Å². The molecule has 1 aliphatic rings. The molecule has 3 rings (SSSR count). The molecule has 1 aliphatic heterocycles. The van der Waals surface area contributed by atoms with Crippen LogP contribution in [0.4, 0.5) is 0 Å². The highest BCUT2D eigenvalue weighted by atomic mass is 16.7. The second kappa shape index (κ2) is 6.98. The fourth-order valence-corrected chi connectivity index (χ4v) is 3.04. The first kappa shape index (κ1) is 18.8. The van der Waals surface area contributed by atoms with Crippen molar-refractivity contribution in [1.82, 2.24) is 0 Å². The number of hydrogen-bond acceptors (Lipinski definition) is 8. The summed E-state index contributed by atoms with van der Waals surface area (Å²) in [7, 11) is 0. The Bertz CT molecular complexity index is 872. The summed E-state index contributed by atoms with van der Waals surface area (Å²) in [6, 6.07) is 3.37. The van der Waals surface area contributed by atoms with E-state index in [1.165, 1.54) is 0 Å². The first-order valence-corrected chi connectivity index (χ1v) is 8.27. The van der Waals surface area contributed by atoms with Gasteiger partial charge in [0.1, 0.15) is 35.7 Å². The lowest BCUT2D eigenvalue weighted by atomic mass is 9.99. The number of aryl methyl sites for hydroxylation is 2. The van der Waals surface area contributed by atoms with Gasteiger partial charge in [0.2, 0.25) is 6.29 Å². The SMILES string of the molecule is Cc1c(C)c2ccc(O[C@H]3O[C@@H](CO)[C@H](O)[C@@H](O)[C@@H]3O)c(C)c2oc1=O. The lowest BCUT2D eigenvalue weighted by molar-refractivity contribution is -0.277. The van der Waals surface area contributed by atoms with Crippen LogP contribution in [-0.4, -0.2) is 57.7 Å². The second-order valence-electron chi connectivity index (χ2n) is 6.52. The van der Waals surface area contributed by atoms with Crippen LogP contribution in [0.2, 0.25) is 0 Å². The van der Waals surface area contributed by atoms with E-state index in [1.807, 2.05) is 6.92 Å². The van der Waals surface area contributed by atoms with E-state index >= 15 is 0 Å². The third-order valence-electron chi connectivity index (χ3n) is 4.92. The van der Waals surface area contributed by atoms with Crippen molar-refractivity contribution < 1.29 is 34.3 Å². The molecule has 2 heterocycles. The number of ether oxygens (including phenoxy) is 2. The van der Waals surface area contributed by atoms with E-state index in [2.05, 4.69) is 0 Å². The van der Waals surface area contributed by atoms with Crippen LogP contribution in [0, 0.1) is 20.8 Å². The van der Waals surface area contributed by atoms with E-state index in [-0.39, 0.29) is 5.75 Å². The minimum absolute atomic E-state index is 0.285. The van der Waals surface area contributed by atoms with Gasteiger partial charge in [-0.2, -0.15) is 0 Å². The van der Waals surface area contributed by atoms with Gasteiger partial charge < -0.3 is 34.3 Å². The molecule has 0 spiro atoms. The summed E-state index contributed by atoms with van der Waals surface area (Å²) in [4.78, 5) is 12.0. The predicted molar refractivity (Wildman–Crippen MR) is 91.1 cm³/mol. The van der Waals surface area contributed by atoms with E-state index in [0.717, 1.165) is 10.9 Å². The van der Waals surface area contributed by atoms with Crippen LogP contribution in [0.3, 0.4) is 0 Å². The molecular weight excluding hydrogens is 344 g/mol. The summed E-state index contributed by atoms with van der Waals surface area (Å²) in [6.45, 7) is 4.66. The quantitative estimate of drug-likeness (QED) is 0.554. The predicted octanol–water partition coefficient (Wildman–Crippen LogP) is -0.103. The lowest BCUT2D eigenvalue weighted by Crippen LogP contribution is -2.60. The molecule has 1 aromatic carbocycles. The van der Waals surface area contributed by atoms with Gasteiger partial charge >= 0.3 is 5.63 Å². The Labute approximate surface area is 149 Å². The first-order chi connectivity index (χ1) is 12.3. The topological polar surface area (TPSA) is 130 Å². The van der Waals surface area contributed by atoms with Crippen LogP contribution < -0.4 is 10.4 Å². The van der Waals surface area contributed by atoms with Gasteiger partial charge in [-0.15, -0.1) is 0 Å². The third-order valence-corrected chi connectivity index (χ3v) is 4.92. The molecule has 5 atom stereocenters. The summed E-state index contributed by atoms with van der Waals surface area (Å²) in [6.07, 6.45) is -6.89. The molecule has 1 aromatic heterocycles. The highest BCUT2D eigenvalue weighted by molar-refractivity contribution is 5.85. The third kappa shape index (κ3) is 3.00. The number of fused-ring (bicyclic) bond motifs is 1. The van der Waals surface area contributed by atoms with Gasteiger partial charge in [0.05, 0.1) is 6.61 Å². The van der Waals surface area contributed by atoms with Crippen LogP contribution in [0.5, 0.6) is 5.75 Å². The van der Waals surface area contributed by atoms with Crippen LogP contribution >= 0.6 is 0 Å². The summed E-state index contributed by atoms with van der Waals surface area (Å²) >= 11 is 0. The fourth-order valence-electron chi connectivity index (χ4n) is 3.04. The van der Waals surface area contributed by atoms with E-state index in [0.29, 0.717) is 16.7 Å². The van der Waals surface area contributed by atoms with Crippen LogP contribution in [0.15, 0.2) is 21.3 Å². The average molecular weight is 366 g/mol. The Morgan fingerprint density at radius 3 is 2.35 bits per heavy atom. The molecule has 2 aromatic rings. The van der Waals surface area contributed by atoms with Crippen molar-refractivity contribution in [2.24, 2.45) is 0 Å². The highest BCUT2D eigenvalue weighted by Crippen LogP contribution is 2.32. The van der Waals surface area contributed by atoms with E-state index in [1.54, 1.807) is 26.0 Å². The lowest BCUT2D eigenvalue weighted by Gasteiger charge is -2.39. The Kier molecular flexibility index (Phi) is 5.05. The van der Waals surface area contributed by atoms with Gasteiger partial charge in [-0.25, -0.2) is 4.79 Å². The van der Waals surface area contributed by atoms with E-state index < -0.39 is 42.9 Å². The molecule has 0 amide bonds. The minimum Gasteiger partial charge on any atom is -0.462 e. The molecular formula is C18H22O8. The van der Waals surface area contributed by atoms with Crippen molar-refractivity contribution in [1.29, 1.82) is 0 Å². The molecule has 0 aliphatic carbocycles. The van der Waals surface area contributed by atoms with Gasteiger partial charge in [-0.05, 0) is 38.5 Å². The summed E-state index contributed by atoms with van der Waals surface area (Å²) in [5.41, 5.74) is 1.78. The monoisotopic (exact) mass is 366 g/mol. The van der Waals surface area contributed by atoms with Crippen molar-refractivity contribution in [3.8, 4) is 5.75 Å². The van der Waals surface area contributed by atoms with Crippen molar-refractivity contribution >= 4 is 11.0 Å². The first-order valence-electron chi connectivity index (χ1n) is 8.27. The zero-order valence-corrected chi connectivity index (χ0v) is 14.7. The number of aliphatic hydroxyl groups is 4. The van der Waals surface area contributed by atoms with Gasteiger partial charge in [-0.3, -0.25) is 0 Å². The standard InChI is InChI=1S/C18H22O8/c1-7-8(2)17(23)26-16-9(3)11(5-4-10(7)16)24-18-15(22)14(21)13(20)12(6-19)25-18/h4-5,12-15,18-22H,6H2,1-3H3/t12-,13-,14+,15-,18-/m0/s1. The number of rotatable bonds is 3. The summed E-state index contributed by atoms with van der Waals surface area (Å²) in [5.74, 6) is 0.285. The Morgan fingerprint density at radius 1 is 1.00 bits per heavy atom. The normalized spacial score (nSPS) is 29.1. The van der Waals surface area contributed by atoms with Gasteiger partial charge in [0, 0.05) is 16.5 Å². The molecule has 1 fully saturated rings. The molecule has 26 heavy (non-hydrogen) atoms. The average Bonchev–Trinajstić information content (AvgIpc) is 2.62. The maximum atomic E-state index is 12.0. The van der Waals surface area contributed by atoms with Crippen molar-refractivity contribution in [3.05, 3.63) is 39.2 Å². The highest BCUT2D eigenvalue weighted by Gasteiger charge is 2.44. The van der Waals surface area contributed by atoms with Crippen molar-refractivity contribution in [3.63, 3.8) is 0 Å². The molecule has 8 heteroatoms. The Balaban J connectivity index is 1.97. The number of hydrogen-bond donors (Lipinski definition) is 4. The summed E-state index contributed by atoms with van der Waals surface area (Å²) in [5, 5.41) is 39.8. The van der Waals surface area contributed by atoms with Crippen LogP contribution in [-0.2, 0) is 4.74 Å². The Morgan fingerprint density at radius 2 is 1.69 bits per heavy atom. The van der Waals surface area contributed by atoms with Gasteiger partial charge in [0.15, 0.2) is 0 Å². The fraction of sp³-hybridized carbons (Fsp3) is 0.500. The number of benzene rings is 1. The Hall–Kier alpha value is -1.97. The molecule has 0 bridgehead atoms. The van der Waals surface area contributed by atoms with Crippen LogP contribution in [0.1, 0.15) is 16.7 Å². The molecule has 4 N–H and O–H groups in total. The molecule has 0 unspecified atom stereocenters. The van der Waals surface area contributed by atoms with Gasteiger partial charge in [0.25, 0.3) is 0 Å². The van der Waals surface area contributed by atoms with Crippen LogP contribution in [0.25, 0.3) is 11.0 Å². The smallest absolute Gasteiger partial charge is 0.339 e.